The number of carboxylic acid groups (broad SMARTS) is 1. The summed E-state index contributed by atoms with van der Waals surface area (Å²) in [6, 6.07) is 17.2. The molecular formula is C33H31Cl2N7O4S. The van der Waals surface area contributed by atoms with E-state index in [1.165, 1.54) is 11.3 Å². The maximum absolute atomic E-state index is 11.5. The van der Waals surface area contributed by atoms with Gasteiger partial charge in [-0.2, -0.15) is 0 Å². The van der Waals surface area contributed by atoms with E-state index in [-0.39, 0.29) is 18.5 Å². The van der Waals surface area contributed by atoms with E-state index in [1.807, 2.05) is 54.6 Å². The summed E-state index contributed by atoms with van der Waals surface area (Å²) < 4.78 is 6.53. The van der Waals surface area contributed by atoms with Gasteiger partial charge in [0.2, 0.25) is 11.8 Å². The zero-order valence-electron chi connectivity index (χ0n) is 25.3. The second kappa shape index (κ2) is 14.6. The highest BCUT2D eigenvalue weighted by Crippen LogP contribution is 2.42. The van der Waals surface area contributed by atoms with Crippen molar-refractivity contribution in [2.24, 2.45) is 0 Å². The maximum Gasteiger partial charge on any atom is 0.317 e. The van der Waals surface area contributed by atoms with E-state index in [1.54, 1.807) is 13.3 Å². The number of amides is 1. The standard InChI is InChI=1S/C33H31Cl2N7O4S/c1-46-33-18(14-36-15-19-9-11-26(43)39-19)8-10-23(41-33)22-6-2-4-20(29(22)34)21-5-3-7-24(30(21)35)40-32-31-25(12-13-38-32)47-27(42-31)16-37-17-28(44)45/h2-8,10,12-13,19,36-37H,9,11,14-17H2,1H3,(H,38,40)(H,39,43)(H,44,45)/t19-/m0/s1. The maximum atomic E-state index is 11.5. The van der Waals surface area contributed by atoms with Gasteiger partial charge in [-0.05, 0) is 24.6 Å². The smallest absolute Gasteiger partial charge is 0.317 e. The summed E-state index contributed by atoms with van der Waals surface area (Å²) >= 11 is 15.5. The Hall–Kier alpha value is -4.33. The molecule has 4 heterocycles. The molecule has 6 rings (SSSR count). The SMILES string of the molecule is COc1nc(-c2cccc(-c3cccc(Nc4nccc5sc(CNCC(=O)O)nc45)c3Cl)c2Cl)ccc1CNC[C@@H]1CCC(=O)N1. The fraction of sp³-hybridized carbons (Fsp3) is 0.242. The monoisotopic (exact) mass is 691 g/mol. The number of carbonyl (C=O) groups is 2. The van der Waals surface area contributed by atoms with Crippen molar-refractivity contribution in [1.29, 1.82) is 0 Å². The van der Waals surface area contributed by atoms with Gasteiger partial charge in [0.1, 0.15) is 10.5 Å². The highest BCUT2D eigenvalue weighted by atomic mass is 35.5. The number of rotatable bonds is 13. The summed E-state index contributed by atoms with van der Waals surface area (Å²) in [7, 11) is 1.58. The summed E-state index contributed by atoms with van der Waals surface area (Å²) in [6.07, 6.45) is 3.08. The van der Waals surface area contributed by atoms with E-state index in [2.05, 4.69) is 31.2 Å². The molecule has 242 valence electrons. The molecule has 1 atom stereocenters. The summed E-state index contributed by atoms with van der Waals surface area (Å²) in [5, 5.41) is 23.1. The first-order valence-electron chi connectivity index (χ1n) is 14.9. The summed E-state index contributed by atoms with van der Waals surface area (Å²) in [5.74, 6) is 0.177. The molecular weight excluding hydrogens is 661 g/mol. The van der Waals surface area contributed by atoms with Gasteiger partial charge in [-0.15, -0.1) is 11.3 Å². The average Bonchev–Trinajstić information content (AvgIpc) is 3.68. The topological polar surface area (TPSA) is 150 Å². The van der Waals surface area contributed by atoms with Crippen LogP contribution in [0.15, 0.2) is 60.8 Å². The highest BCUT2D eigenvalue weighted by molar-refractivity contribution is 7.18. The predicted molar refractivity (Wildman–Crippen MR) is 185 cm³/mol. The Labute approximate surface area is 284 Å². The highest BCUT2D eigenvalue weighted by Gasteiger charge is 2.21. The van der Waals surface area contributed by atoms with Crippen molar-refractivity contribution in [3.63, 3.8) is 0 Å². The molecule has 1 aliphatic heterocycles. The van der Waals surface area contributed by atoms with E-state index in [9.17, 15) is 9.59 Å². The number of methoxy groups -OCH3 is 1. The second-order valence-electron chi connectivity index (χ2n) is 10.9. The van der Waals surface area contributed by atoms with Crippen LogP contribution in [-0.4, -0.2) is 58.2 Å². The molecule has 0 aliphatic carbocycles. The van der Waals surface area contributed by atoms with Gasteiger partial charge >= 0.3 is 5.97 Å². The molecule has 0 spiro atoms. The molecule has 2 aromatic carbocycles. The number of fused-ring (bicyclic) bond motifs is 1. The number of anilines is 2. The minimum absolute atomic E-state index is 0.0911. The van der Waals surface area contributed by atoms with Crippen molar-refractivity contribution in [1.82, 2.24) is 30.9 Å². The average molecular weight is 693 g/mol. The second-order valence-corrected chi connectivity index (χ2v) is 12.7. The van der Waals surface area contributed by atoms with E-state index in [0.29, 0.717) is 64.7 Å². The summed E-state index contributed by atoms with van der Waals surface area (Å²) in [6.45, 7) is 1.39. The van der Waals surface area contributed by atoms with Crippen molar-refractivity contribution in [2.75, 3.05) is 25.5 Å². The van der Waals surface area contributed by atoms with Gasteiger partial charge in [-0.3, -0.25) is 9.59 Å². The van der Waals surface area contributed by atoms with E-state index in [4.69, 9.17) is 38.0 Å². The predicted octanol–water partition coefficient (Wildman–Crippen LogP) is 6.02. The molecule has 11 nitrogen and oxygen atoms in total. The van der Waals surface area contributed by atoms with Crippen LogP contribution in [0.25, 0.3) is 32.6 Å². The van der Waals surface area contributed by atoms with Crippen LogP contribution >= 0.6 is 34.5 Å². The normalized spacial score (nSPS) is 14.4. The van der Waals surface area contributed by atoms with Gasteiger partial charge in [-0.25, -0.2) is 15.0 Å². The van der Waals surface area contributed by atoms with Crippen molar-refractivity contribution >= 4 is 68.1 Å². The number of aliphatic carboxylic acids is 1. The number of hydrogen-bond acceptors (Lipinski definition) is 10. The minimum atomic E-state index is -0.930. The Morgan fingerprint density at radius 1 is 1.02 bits per heavy atom. The summed E-state index contributed by atoms with van der Waals surface area (Å²) in [5.41, 5.74) is 5.01. The van der Waals surface area contributed by atoms with Crippen LogP contribution in [0.2, 0.25) is 10.0 Å². The van der Waals surface area contributed by atoms with Crippen LogP contribution < -0.4 is 26.0 Å². The Balaban J connectivity index is 1.23. The molecule has 1 fully saturated rings. The fourth-order valence-electron chi connectivity index (χ4n) is 5.39. The molecule has 3 aromatic heterocycles. The van der Waals surface area contributed by atoms with Gasteiger partial charge in [0.15, 0.2) is 5.82 Å². The number of aromatic nitrogens is 3. The largest absolute Gasteiger partial charge is 0.481 e. The van der Waals surface area contributed by atoms with Crippen molar-refractivity contribution in [3.8, 4) is 28.3 Å². The van der Waals surface area contributed by atoms with E-state index in [0.717, 1.165) is 38.4 Å². The number of thiazole rings is 1. The Morgan fingerprint density at radius 3 is 2.57 bits per heavy atom. The molecule has 1 aliphatic rings. The van der Waals surface area contributed by atoms with Crippen LogP contribution in [0.4, 0.5) is 11.5 Å². The molecule has 0 bridgehead atoms. The Morgan fingerprint density at radius 2 is 1.81 bits per heavy atom. The van der Waals surface area contributed by atoms with Crippen molar-refractivity contribution < 1.29 is 19.4 Å². The molecule has 0 saturated carbocycles. The zero-order chi connectivity index (χ0) is 32.9. The van der Waals surface area contributed by atoms with E-state index < -0.39 is 5.97 Å². The van der Waals surface area contributed by atoms with Gasteiger partial charge in [0.05, 0.1) is 39.8 Å². The van der Waals surface area contributed by atoms with Crippen LogP contribution in [0, 0.1) is 0 Å². The third kappa shape index (κ3) is 7.47. The molecule has 1 amide bonds. The number of nitrogens with zero attached hydrogens (tertiary/aromatic N) is 3. The number of nitrogens with one attached hydrogen (secondary N) is 4. The molecule has 5 aromatic rings. The molecule has 5 N–H and O–H groups in total. The van der Waals surface area contributed by atoms with Gasteiger partial charge in [-0.1, -0.05) is 59.6 Å². The van der Waals surface area contributed by atoms with Gasteiger partial charge in [0, 0.05) is 60.5 Å². The third-order valence-corrected chi connectivity index (χ3v) is 9.48. The number of halogens is 2. The quantitative estimate of drug-likeness (QED) is 0.0991. The number of benzene rings is 2. The first kappa shape index (κ1) is 32.6. The van der Waals surface area contributed by atoms with Crippen molar-refractivity contribution in [2.45, 2.75) is 32.0 Å². The van der Waals surface area contributed by atoms with Crippen LogP contribution in [-0.2, 0) is 22.7 Å². The third-order valence-electron chi connectivity index (χ3n) is 7.64. The molecule has 0 unspecified atom stereocenters. The van der Waals surface area contributed by atoms with Crippen LogP contribution in [0.5, 0.6) is 5.88 Å². The summed E-state index contributed by atoms with van der Waals surface area (Å²) in [4.78, 5) is 36.3. The number of pyridine rings is 2. The number of ether oxygens (including phenoxy) is 1. The number of carboxylic acids is 1. The lowest BCUT2D eigenvalue weighted by atomic mass is 10.00. The zero-order valence-corrected chi connectivity index (χ0v) is 27.6. The fourth-order valence-corrected chi connectivity index (χ4v) is 6.92. The first-order chi connectivity index (χ1) is 22.8. The van der Waals surface area contributed by atoms with E-state index >= 15 is 0 Å². The molecule has 47 heavy (non-hydrogen) atoms. The molecule has 1 saturated heterocycles. The van der Waals surface area contributed by atoms with Crippen molar-refractivity contribution in [3.05, 3.63) is 81.4 Å². The van der Waals surface area contributed by atoms with Crippen LogP contribution in [0.1, 0.15) is 23.4 Å². The number of carbonyl (C=O) groups excluding carboxylic acids is 1. The first-order valence-corrected chi connectivity index (χ1v) is 16.4. The Bertz CT molecular complexity index is 1950. The number of hydrogen-bond donors (Lipinski definition) is 5. The Kier molecular flexibility index (Phi) is 10.1. The molecule has 0 radical (unpaired) electrons. The van der Waals surface area contributed by atoms with Gasteiger partial charge in [0.25, 0.3) is 0 Å². The van der Waals surface area contributed by atoms with Crippen LogP contribution in [0.3, 0.4) is 0 Å². The van der Waals surface area contributed by atoms with Gasteiger partial charge < -0.3 is 31.1 Å². The lowest BCUT2D eigenvalue weighted by molar-refractivity contribution is -0.136. The lowest BCUT2D eigenvalue weighted by Gasteiger charge is -2.16. The molecule has 14 heteroatoms. The minimum Gasteiger partial charge on any atom is -0.481 e. The lowest BCUT2D eigenvalue weighted by Crippen LogP contribution is -2.35.